The molecule has 1 aliphatic carbocycles. The van der Waals surface area contributed by atoms with Gasteiger partial charge in [-0.05, 0) is 82.2 Å². The number of benzene rings is 2. The fourth-order valence-electron chi connectivity index (χ4n) is 5.12. The third kappa shape index (κ3) is 9.78. The lowest BCUT2D eigenvalue weighted by molar-refractivity contribution is -0.148. The van der Waals surface area contributed by atoms with Gasteiger partial charge in [0, 0.05) is 18.7 Å². The molecule has 242 valence electrons. The first-order valence-electron chi connectivity index (χ1n) is 14.5. The number of carboxylic acids is 2. The smallest absolute Gasteiger partial charge is 0.408 e. The largest absolute Gasteiger partial charge is 0.478 e. The molecule has 0 aromatic heterocycles. The number of hydrogen-bond acceptors (Lipinski definition) is 8. The topological polar surface area (TPSA) is 189 Å². The molecule has 45 heavy (non-hydrogen) atoms. The van der Waals surface area contributed by atoms with Crippen LogP contribution in [0.1, 0.15) is 62.4 Å². The maximum absolute atomic E-state index is 13.3. The van der Waals surface area contributed by atoms with Crippen LogP contribution in [0.3, 0.4) is 0 Å². The van der Waals surface area contributed by atoms with Crippen molar-refractivity contribution in [2.45, 2.75) is 64.5 Å². The van der Waals surface area contributed by atoms with Gasteiger partial charge in [0.05, 0.1) is 24.3 Å². The van der Waals surface area contributed by atoms with E-state index in [9.17, 15) is 39.0 Å². The van der Waals surface area contributed by atoms with Crippen LogP contribution in [-0.4, -0.2) is 71.3 Å². The molecule has 0 radical (unpaired) electrons. The number of esters is 1. The Labute approximate surface area is 260 Å². The second kappa shape index (κ2) is 15.2. The number of para-hydroxylation sites is 1. The Hall–Kier alpha value is -4.94. The first-order chi connectivity index (χ1) is 21.2. The number of carboxylic acid groups (broad SMARTS) is 2. The maximum atomic E-state index is 13.3. The minimum atomic E-state index is -1.78. The number of carbonyl (C=O) groups is 6. The molecule has 0 unspecified atom stereocenters. The van der Waals surface area contributed by atoms with Crippen molar-refractivity contribution < 1.29 is 48.5 Å². The molecule has 0 bridgehead atoms. The van der Waals surface area contributed by atoms with Crippen LogP contribution in [0, 0.1) is 11.8 Å². The molecule has 0 heterocycles. The molecule has 1 saturated carbocycles. The molecule has 4 N–H and O–H groups in total. The quantitative estimate of drug-likeness (QED) is 0.224. The predicted octanol–water partition coefficient (Wildman–Crippen LogP) is 3.67. The third-order valence-electron chi connectivity index (χ3n) is 7.35. The average Bonchev–Trinajstić information content (AvgIpc) is 2.99. The average molecular weight is 626 g/mol. The summed E-state index contributed by atoms with van der Waals surface area (Å²) in [6, 6.07) is 10.4. The standard InChI is InChI=1S/C32H39N3O10/c1-32(2,3)45-31(43)34-24(26(36)33-18-20-9-13-21(14-10-20)30(42)44-4)17-19-11-15-22(16-12-19)35(27(37)29(40)41)25-8-6-5-7-23(25)28(38)39/h5-8,11-12,15-16,20-21,24H,9-10,13-14,17-18H2,1-4H3,(H,33,36)(H,34,43)(H,38,39)(H,40,41)/t20?,21?,24-/m0/s1. The third-order valence-corrected chi connectivity index (χ3v) is 7.35. The second-order valence-electron chi connectivity index (χ2n) is 11.8. The fourth-order valence-corrected chi connectivity index (χ4v) is 5.12. The van der Waals surface area contributed by atoms with Crippen molar-refractivity contribution in [3.8, 4) is 0 Å². The zero-order chi connectivity index (χ0) is 33.3. The highest BCUT2D eigenvalue weighted by Gasteiger charge is 2.30. The summed E-state index contributed by atoms with van der Waals surface area (Å²) >= 11 is 0. The van der Waals surface area contributed by atoms with E-state index in [1.54, 1.807) is 32.9 Å². The van der Waals surface area contributed by atoms with Gasteiger partial charge in [0.15, 0.2) is 0 Å². The van der Waals surface area contributed by atoms with Gasteiger partial charge in [-0.1, -0.05) is 24.3 Å². The zero-order valence-corrected chi connectivity index (χ0v) is 25.7. The Morgan fingerprint density at radius 2 is 1.56 bits per heavy atom. The first kappa shape index (κ1) is 34.5. The number of ether oxygens (including phenoxy) is 2. The number of nitrogens with one attached hydrogen (secondary N) is 2. The minimum absolute atomic E-state index is 0.0268. The van der Waals surface area contributed by atoms with E-state index in [1.807, 2.05) is 0 Å². The van der Waals surface area contributed by atoms with Crippen LogP contribution in [0.25, 0.3) is 0 Å². The Morgan fingerprint density at radius 1 is 0.933 bits per heavy atom. The Morgan fingerprint density at radius 3 is 2.11 bits per heavy atom. The molecule has 3 rings (SSSR count). The molecule has 3 amide bonds. The minimum Gasteiger partial charge on any atom is -0.478 e. The summed E-state index contributed by atoms with van der Waals surface area (Å²) < 4.78 is 10.2. The van der Waals surface area contributed by atoms with Gasteiger partial charge in [-0.15, -0.1) is 0 Å². The van der Waals surface area contributed by atoms with Crippen LogP contribution in [-0.2, 0) is 35.1 Å². The van der Waals surface area contributed by atoms with E-state index in [4.69, 9.17) is 9.47 Å². The van der Waals surface area contributed by atoms with Gasteiger partial charge in [-0.2, -0.15) is 0 Å². The number of methoxy groups -OCH3 is 1. The molecule has 1 aliphatic rings. The van der Waals surface area contributed by atoms with Crippen molar-refractivity contribution in [3.05, 3.63) is 59.7 Å². The number of aliphatic carboxylic acids is 1. The monoisotopic (exact) mass is 625 g/mol. The normalized spacial score (nSPS) is 16.9. The van der Waals surface area contributed by atoms with Crippen molar-refractivity contribution in [1.29, 1.82) is 0 Å². The van der Waals surface area contributed by atoms with E-state index < -0.39 is 41.5 Å². The molecule has 1 atom stereocenters. The van der Waals surface area contributed by atoms with Crippen LogP contribution in [0.5, 0.6) is 0 Å². The van der Waals surface area contributed by atoms with Crippen molar-refractivity contribution >= 4 is 47.2 Å². The lowest BCUT2D eigenvalue weighted by Gasteiger charge is -2.28. The summed E-state index contributed by atoms with van der Waals surface area (Å²) in [5.41, 5.74) is -0.564. The summed E-state index contributed by atoms with van der Waals surface area (Å²) in [5.74, 6) is -5.15. The Kier molecular flexibility index (Phi) is 11.7. The van der Waals surface area contributed by atoms with Gasteiger partial charge in [-0.3, -0.25) is 19.3 Å². The number of amides is 3. The Bertz CT molecular complexity index is 1410. The number of rotatable bonds is 10. The number of aromatic carboxylic acids is 1. The molecule has 2 aromatic carbocycles. The van der Waals surface area contributed by atoms with Crippen molar-refractivity contribution in [2.75, 3.05) is 18.6 Å². The van der Waals surface area contributed by atoms with E-state index >= 15 is 0 Å². The van der Waals surface area contributed by atoms with Crippen LogP contribution in [0.4, 0.5) is 16.2 Å². The van der Waals surface area contributed by atoms with Gasteiger partial charge in [0.25, 0.3) is 0 Å². The van der Waals surface area contributed by atoms with Gasteiger partial charge in [0.2, 0.25) is 5.91 Å². The molecule has 1 fully saturated rings. The fraction of sp³-hybridized carbons (Fsp3) is 0.438. The van der Waals surface area contributed by atoms with Crippen LogP contribution in [0.15, 0.2) is 48.5 Å². The van der Waals surface area contributed by atoms with Gasteiger partial charge >= 0.3 is 29.9 Å². The molecular formula is C32H39N3O10. The van der Waals surface area contributed by atoms with Crippen LogP contribution < -0.4 is 15.5 Å². The molecular weight excluding hydrogens is 586 g/mol. The van der Waals surface area contributed by atoms with E-state index in [2.05, 4.69) is 10.6 Å². The maximum Gasteiger partial charge on any atom is 0.408 e. The number of nitrogens with zero attached hydrogens (tertiary/aromatic N) is 1. The first-order valence-corrected chi connectivity index (χ1v) is 14.5. The van der Waals surface area contributed by atoms with Gasteiger partial charge in [-0.25, -0.2) is 14.4 Å². The number of anilines is 2. The molecule has 0 aliphatic heterocycles. The lowest BCUT2D eigenvalue weighted by atomic mass is 9.82. The van der Waals surface area contributed by atoms with Crippen LogP contribution in [0.2, 0.25) is 0 Å². The predicted molar refractivity (Wildman–Crippen MR) is 162 cm³/mol. The lowest BCUT2D eigenvalue weighted by Crippen LogP contribution is -2.50. The van der Waals surface area contributed by atoms with Crippen molar-refractivity contribution in [2.24, 2.45) is 11.8 Å². The highest BCUT2D eigenvalue weighted by molar-refractivity contribution is 6.39. The van der Waals surface area contributed by atoms with Gasteiger partial charge in [0.1, 0.15) is 11.6 Å². The second-order valence-corrected chi connectivity index (χ2v) is 11.8. The molecule has 13 nitrogen and oxygen atoms in total. The van der Waals surface area contributed by atoms with E-state index in [0.717, 1.165) is 17.7 Å². The number of hydrogen-bond donors (Lipinski definition) is 4. The van der Waals surface area contributed by atoms with Crippen molar-refractivity contribution in [3.63, 3.8) is 0 Å². The molecule has 13 heteroatoms. The highest BCUT2D eigenvalue weighted by atomic mass is 16.6. The van der Waals surface area contributed by atoms with Crippen LogP contribution >= 0.6 is 0 Å². The van der Waals surface area contributed by atoms with E-state index in [1.165, 1.54) is 43.5 Å². The summed E-state index contributed by atoms with van der Waals surface area (Å²) in [6.45, 7) is 5.43. The summed E-state index contributed by atoms with van der Waals surface area (Å²) in [7, 11) is 1.37. The summed E-state index contributed by atoms with van der Waals surface area (Å²) in [6.07, 6.45) is 2.04. The SMILES string of the molecule is COC(=O)C1CCC(CNC(=O)[C@H](Cc2ccc(N(C(=O)C(=O)O)c3ccccc3C(=O)O)cc2)NC(=O)OC(C)(C)C)CC1. The number of carbonyl (C=O) groups excluding carboxylic acids is 4. The van der Waals surface area contributed by atoms with E-state index in [0.29, 0.717) is 24.9 Å². The molecule has 0 saturated heterocycles. The zero-order valence-electron chi connectivity index (χ0n) is 25.7. The summed E-state index contributed by atoms with van der Waals surface area (Å²) in [5, 5.41) is 24.6. The molecule has 2 aromatic rings. The Balaban J connectivity index is 1.79. The van der Waals surface area contributed by atoms with Crippen molar-refractivity contribution in [1.82, 2.24) is 10.6 Å². The molecule has 0 spiro atoms. The van der Waals surface area contributed by atoms with E-state index in [-0.39, 0.29) is 41.2 Å². The van der Waals surface area contributed by atoms with Gasteiger partial charge < -0.3 is 30.3 Å². The summed E-state index contributed by atoms with van der Waals surface area (Å²) in [4.78, 5) is 74.6. The highest BCUT2D eigenvalue weighted by Crippen LogP contribution is 2.31. The number of alkyl carbamates (subject to hydrolysis) is 1.